The molecular weight excluding hydrogens is 370 g/mol. The van der Waals surface area contributed by atoms with Gasteiger partial charge in [-0.25, -0.2) is 9.78 Å². The molecule has 27 heavy (non-hydrogen) atoms. The van der Waals surface area contributed by atoms with Crippen LogP contribution in [0.1, 0.15) is 17.0 Å². The van der Waals surface area contributed by atoms with Crippen LogP contribution in [0, 0.1) is 0 Å². The zero-order valence-electron chi connectivity index (χ0n) is 14.3. The summed E-state index contributed by atoms with van der Waals surface area (Å²) in [7, 11) is 0. The maximum Gasteiger partial charge on any atom is 0.319 e. The van der Waals surface area contributed by atoms with Gasteiger partial charge in [0.05, 0.1) is 23.3 Å². The number of benzene rings is 1. The summed E-state index contributed by atoms with van der Waals surface area (Å²) < 4.78 is 6.97. The van der Waals surface area contributed by atoms with Gasteiger partial charge in [-0.3, -0.25) is 4.79 Å². The second-order valence-electron chi connectivity index (χ2n) is 5.66. The Morgan fingerprint density at radius 2 is 2.11 bits per heavy atom. The Kier molecular flexibility index (Phi) is 6.11. The van der Waals surface area contributed by atoms with Gasteiger partial charge < -0.3 is 24.9 Å². The van der Waals surface area contributed by atoms with E-state index in [0.717, 1.165) is 13.0 Å². The Bertz CT molecular complexity index is 894. The third kappa shape index (κ3) is 5.35. The van der Waals surface area contributed by atoms with Crippen molar-refractivity contribution in [1.82, 2.24) is 14.9 Å². The number of urea groups is 1. The molecule has 0 aliphatic rings. The average Bonchev–Trinajstić information content (AvgIpc) is 3.35. The van der Waals surface area contributed by atoms with Gasteiger partial charge in [-0.1, -0.05) is 11.6 Å². The molecule has 0 saturated heterocycles. The Hall–Kier alpha value is -3.26. The molecule has 0 aliphatic carbocycles. The lowest BCUT2D eigenvalue weighted by molar-refractivity contribution is 0.0996. The quantitative estimate of drug-likeness (QED) is 0.539. The first-order valence-corrected chi connectivity index (χ1v) is 8.64. The molecule has 0 atom stereocenters. The average molecular weight is 388 g/mol. The van der Waals surface area contributed by atoms with Crippen LogP contribution in [0.25, 0.3) is 0 Å². The first-order chi connectivity index (χ1) is 13.1. The first-order valence-electron chi connectivity index (χ1n) is 8.27. The number of amides is 3. The molecule has 8 nitrogen and oxygen atoms in total. The number of hydrogen-bond donors (Lipinski definition) is 3. The molecule has 0 unspecified atom stereocenters. The molecule has 140 valence electrons. The van der Waals surface area contributed by atoms with E-state index in [2.05, 4.69) is 20.9 Å². The number of aryl methyl sites for hydroxylation is 1. The number of imidazole rings is 1. The minimum Gasteiger partial charge on any atom is -0.459 e. The van der Waals surface area contributed by atoms with E-state index in [0.29, 0.717) is 22.9 Å². The summed E-state index contributed by atoms with van der Waals surface area (Å²) >= 11 is 6.18. The summed E-state index contributed by atoms with van der Waals surface area (Å²) in [5.74, 6) is -0.221. The van der Waals surface area contributed by atoms with Gasteiger partial charge >= 0.3 is 6.03 Å². The van der Waals surface area contributed by atoms with Crippen molar-refractivity contribution in [3.63, 3.8) is 0 Å². The highest BCUT2D eigenvalue weighted by molar-refractivity contribution is 6.34. The number of hydrogen-bond acceptors (Lipinski definition) is 4. The summed E-state index contributed by atoms with van der Waals surface area (Å²) in [4.78, 5) is 27.9. The minimum atomic E-state index is -0.404. The van der Waals surface area contributed by atoms with Crippen molar-refractivity contribution >= 4 is 34.9 Å². The molecule has 0 spiro atoms. The summed E-state index contributed by atoms with van der Waals surface area (Å²) in [5, 5.41) is 8.42. The van der Waals surface area contributed by atoms with Crippen molar-refractivity contribution < 1.29 is 14.0 Å². The van der Waals surface area contributed by atoms with E-state index in [1.807, 2.05) is 10.8 Å². The highest BCUT2D eigenvalue weighted by Crippen LogP contribution is 2.26. The molecule has 0 aliphatic heterocycles. The molecule has 0 fully saturated rings. The van der Waals surface area contributed by atoms with Crippen molar-refractivity contribution in [1.29, 1.82) is 0 Å². The SMILES string of the molecule is O=C(NCCCn1ccnc1)Nc1ccc(NC(=O)c2ccco2)c(Cl)c1. The van der Waals surface area contributed by atoms with Gasteiger partial charge in [-0.05, 0) is 36.8 Å². The minimum absolute atomic E-state index is 0.184. The molecule has 2 heterocycles. The number of anilines is 2. The van der Waals surface area contributed by atoms with E-state index in [4.69, 9.17) is 16.0 Å². The Balaban J connectivity index is 1.46. The van der Waals surface area contributed by atoms with Gasteiger partial charge in [0.2, 0.25) is 0 Å². The lowest BCUT2D eigenvalue weighted by atomic mass is 10.2. The third-order valence-electron chi connectivity index (χ3n) is 3.66. The lowest BCUT2D eigenvalue weighted by Gasteiger charge is -2.10. The molecule has 0 saturated carbocycles. The van der Waals surface area contributed by atoms with Crippen LogP contribution in [0.15, 0.2) is 59.7 Å². The predicted octanol–water partition coefficient (Wildman–Crippen LogP) is 3.59. The van der Waals surface area contributed by atoms with Crippen LogP contribution >= 0.6 is 11.6 Å². The van der Waals surface area contributed by atoms with Crippen molar-refractivity contribution in [2.75, 3.05) is 17.2 Å². The van der Waals surface area contributed by atoms with E-state index in [-0.39, 0.29) is 11.8 Å². The molecule has 3 amide bonds. The van der Waals surface area contributed by atoms with Crippen LogP contribution in [-0.4, -0.2) is 28.0 Å². The van der Waals surface area contributed by atoms with Crippen LogP contribution in [-0.2, 0) is 6.54 Å². The topological polar surface area (TPSA) is 101 Å². The molecule has 0 radical (unpaired) electrons. The smallest absolute Gasteiger partial charge is 0.319 e. The van der Waals surface area contributed by atoms with E-state index in [1.54, 1.807) is 42.9 Å². The number of halogens is 1. The molecule has 0 bridgehead atoms. The van der Waals surface area contributed by atoms with Gasteiger partial charge in [0.25, 0.3) is 5.91 Å². The number of rotatable bonds is 7. The number of aromatic nitrogens is 2. The molecule has 3 aromatic rings. The second-order valence-corrected chi connectivity index (χ2v) is 6.07. The highest BCUT2D eigenvalue weighted by Gasteiger charge is 2.11. The van der Waals surface area contributed by atoms with Gasteiger partial charge in [0, 0.05) is 31.2 Å². The maximum absolute atomic E-state index is 12.0. The molecule has 9 heteroatoms. The fourth-order valence-electron chi connectivity index (χ4n) is 2.34. The monoisotopic (exact) mass is 387 g/mol. The largest absolute Gasteiger partial charge is 0.459 e. The van der Waals surface area contributed by atoms with E-state index >= 15 is 0 Å². The van der Waals surface area contributed by atoms with Crippen LogP contribution in [0.5, 0.6) is 0 Å². The van der Waals surface area contributed by atoms with Crippen LogP contribution < -0.4 is 16.0 Å². The summed E-state index contributed by atoms with van der Waals surface area (Å²) in [5.41, 5.74) is 0.937. The standard InChI is InChI=1S/C18H18ClN5O3/c19-14-11-13(4-5-15(14)23-17(25)16-3-1-10-27-16)22-18(26)21-6-2-8-24-9-7-20-12-24/h1,3-5,7,9-12H,2,6,8H2,(H,23,25)(H2,21,22,26). The Morgan fingerprint density at radius 3 is 2.81 bits per heavy atom. The van der Waals surface area contributed by atoms with Crippen molar-refractivity contribution in [3.8, 4) is 0 Å². The fourth-order valence-corrected chi connectivity index (χ4v) is 2.57. The number of carbonyl (C=O) groups excluding carboxylic acids is 2. The van der Waals surface area contributed by atoms with Crippen molar-refractivity contribution in [3.05, 3.63) is 66.1 Å². The second kappa shape index (κ2) is 8.91. The van der Waals surface area contributed by atoms with Gasteiger partial charge in [-0.2, -0.15) is 0 Å². The molecule has 2 aromatic heterocycles. The predicted molar refractivity (Wildman–Crippen MR) is 102 cm³/mol. The number of carbonyl (C=O) groups is 2. The van der Waals surface area contributed by atoms with Crippen LogP contribution in [0.2, 0.25) is 5.02 Å². The number of nitrogens with zero attached hydrogens (tertiary/aromatic N) is 2. The molecule has 3 rings (SSSR count). The third-order valence-corrected chi connectivity index (χ3v) is 3.97. The highest BCUT2D eigenvalue weighted by atomic mass is 35.5. The molecular formula is C18H18ClN5O3. The zero-order valence-corrected chi connectivity index (χ0v) is 15.1. The first kappa shape index (κ1) is 18.5. The Morgan fingerprint density at radius 1 is 1.22 bits per heavy atom. The number of furan rings is 1. The van der Waals surface area contributed by atoms with E-state index in [9.17, 15) is 9.59 Å². The lowest BCUT2D eigenvalue weighted by Crippen LogP contribution is -2.30. The van der Waals surface area contributed by atoms with Gasteiger partial charge in [-0.15, -0.1) is 0 Å². The fraction of sp³-hybridized carbons (Fsp3) is 0.167. The maximum atomic E-state index is 12.0. The van der Waals surface area contributed by atoms with Crippen molar-refractivity contribution in [2.24, 2.45) is 0 Å². The number of nitrogens with one attached hydrogen (secondary N) is 3. The van der Waals surface area contributed by atoms with Crippen molar-refractivity contribution in [2.45, 2.75) is 13.0 Å². The van der Waals surface area contributed by atoms with E-state index in [1.165, 1.54) is 6.26 Å². The summed E-state index contributed by atoms with van der Waals surface area (Å²) in [6.45, 7) is 1.30. The van der Waals surface area contributed by atoms with Gasteiger partial charge in [0.15, 0.2) is 5.76 Å². The normalized spacial score (nSPS) is 10.4. The summed E-state index contributed by atoms with van der Waals surface area (Å²) in [6, 6.07) is 7.66. The van der Waals surface area contributed by atoms with Crippen LogP contribution in [0.3, 0.4) is 0 Å². The van der Waals surface area contributed by atoms with Gasteiger partial charge in [0.1, 0.15) is 0 Å². The molecule has 3 N–H and O–H groups in total. The zero-order chi connectivity index (χ0) is 19.1. The molecule has 1 aromatic carbocycles. The Labute approximate surface area is 160 Å². The van der Waals surface area contributed by atoms with Crippen LogP contribution in [0.4, 0.5) is 16.2 Å². The summed E-state index contributed by atoms with van der Waals surface area (Å²) in [6.07, 6.45) is 7.51. The van der Waals surface area contributed by atoms with E-state index < -0.39 is 5.91 Å².